The van der Waals surface area contributed by atoms with Gasteiger partial charge < -0.3 is 24.2 Å². The Labute approximate surface area is 224 Å². The van der Waals surface area contributed by atoms with Crippen molar-refractivity contribution in [3.05, 3.63) is 78.0 Å². The Hall–Kier alpha value is -3.35. The summed E-state index contributed by atoms with van der Waals surface area (Å²) in [4.78, 5) is 17.3. The lowest BCUT2D eigenvalue weighted by Crippen LogP contribution is -2.40. The lowest BCUT2D eigenvalue weighted by molar-refractivity contribution is 0.0599. The SMILES string of the molecule is Cn1c(C(=O)N2CCCC2)cc2c(OC[C@@H](O)CN3CCC(c4ccc5ccccc5c4)CC3)cccc21. The molecule has 1 aromatic heterocycles. The minimum Gasteiger partial charge on any atom is -0.490 e. The van der Waals surface area contributed by atoms with Crippen LogP contribution in [0.25, 0.3) is 21.7 Å². The Kier molecular flexibility index (Phi) is 7.09. The summed E-state index contributed by atoms with van der Waals surface area (Å²) in [5, 5.41) is 14.3. The number of β-amino-alcohol motifs (C(OH)–C–C–N with tert-alkyl or cyclic N) is 1. The summed E-state index contributed by atoms with van der Waals surface area (Å²) in [5.41, 5.74) is 3.08. The van der Waals surface area contributed by atoms with Crippen LogP contribution in [0.15, 0.2) is 66.7 Å². The van der Waals surface area contributed by atoms with Gasteiger partial charge in [0, 0.05) is 32.1 Å². The van der Waals surface area contributed by atoms with E-state index in [2.05, 4.69) is 47.4 Å². The molecule has 0 aliphatic carbocycles. The summed E-state index contributed by atoms with van der Waals surface area (Å²) >= 11 is 0. The van der Waals surface area contributed by atoms with E-state index in [-0.39, 0.29) is 12.5 Å². The van der Waals surface area contributed by atoms with Crippen LogP contribution in [0, 0.1) is 0 Å². The second kappa shape index (κ2) is 10.8. The van der Waals surface area contributed by atoms with Crippen LogP contribution in [0.4, 0.5) is 0 Å². The van der Waals surface area contributed by atoms with E-state index in [1.54, 1.807) is 0 Å². The molecule has 1 amide bonds. The predicted molar refractivity (Wildman–Crippen MR) is 152 cm³/mol. The number of hydrogen-bond acceptors (Lipinski definition) is 4. The van der Waals surface area contributed by atoms with Gasteiger partial charge in [0.15, 0.2) is 0 Å². The second-order valence-electron chi connectivity index (χ2n) is 10.9. The molecule has 2 saturated heterocycles. The first-order valence-electron chi connectivity index (χ1n) is 14.0. The standard InChI is InChI=1S/C32H37N3O3/c1-33-29-9-6-10-31(28(29)20-30(33)32(37)35-15-4-5-16-35)38-22-27(36)21-34-17-13-24(14-18-34)26-12-11-23-7-2-3-8-25(23)19-26/h2-3,6-12,19-20,24,27,36H,4-5,13-18,21-22H2,1H3/t27-/m0/s1. The molecule has 1 N–H and O–H groups in total. The number of aliphatic hydroxyl groups is 1. The maximum Gasteiger partial charge on any atom is 0.270 e. The maximum atomic E-state index is 13.0. The number of likely N-dealkylation sites (tertiary alicyclic amines) is 2. The summed E-state index contributed by atoms with van der Waals surface area (Å²) < 4.78 is 8.07. The molecule has 2 fully saturated rings. The van der Waals surface area contributed by atoms with E-state index >= 15 is 0 Å². The van der Waals surface area contributed by atoms with Crippen molar-refractivity contribution in [1.29, 1.82) is 0 Å². The molecule has 2 aliphatic rings. The molecule has 0 bridgehead atoms. The molecular formula is C32H37N3O3. The topological polar surface area (TPSA) is 57.9 Å². The molecule has 0 unspecified atom stereocenters. The van der Waals surface area contributed by atoms with Gasteiger partial charge in [0.05, 0.1) is 5.52 Å². The first-order chi connectivity index (χ1) is 18.6. The maximum absolute atomic E-state index is 13.0. The third kappa shape index (κ3) is 5.03. The van der Waals surface area contributed by atoms with Crippen LogP contribution >= 0.6 is 0 Å². The Balaban J connectivity index is 1.04. The molecule has 4 aromatic rings. The highest BCUT2D eigenvalue weighted by Crippen LogP contribution is 2.31. The van der Waals surface area contributed by atoms with Crippen molar-refractivity contribution in [2.45, 2.75) is 37.7 Å². The number of hydrogen-bond donors (Lipinski definition) is 1. The van der Waals surface area contributed by atoms with Crippen LogP contribution in [0.2, 0.25) is 0 Å². The van der Waals surface area contributed by atoms with E-state index in [9.17, 15) is 9.90 Å². The number of aliphatic hydroxyl groups excluding tert-OH is 1. The summed E-state index contributed by atoms with van der Waals surface area (Å²) in [7, 11) is 1.94. The van der Waals surface area contributed by atoms with Crippen molar-refractivity contribution >= 4 is 27.6 Å². The Bertz CT molecular complexity index is 1430. The van der Waals surface area contributed by atoms with Crippen LogP contribution in [-0.4, -0.2) is 70.8 Å². The van der Waals surface area contributed by atoms with Gasteiger partial charge in [0.1, 0.15) is 24.2 Å². The molecule has 0 spiro atoms. The Morgan fingerprint density at radius 2 is 1.71 bits per heavy atom. The highest BCUT2D eigenvalue weighted by atomic mass is 16.5. The minimum atomic E-state index is -0.572. The number of aromatic nitrogens is 1. The first-order valence-corrected chi connectivity index (χ1v) is 14.0. The molecule has 198 valence electrons. The number of nitrogens with zero attached hydrogens (tertiary/aromatic N) is 3. The normalized spacial score (nSPS) is 17.9. The van der Waals surface area contributed by atoms with Crippen molar-refractivity contribution in [2.24, 2.45) is 7.05 Å². The van der Waals surface area contributed by atoms with Gasteiger partial charge in [-0.25, -0.2) is 0 Å². The van der Waals surface area contributed by atoms with E-state index in [1.807, 2.05) is 40.8 Å². The average molecular weight is 512 g/mol. The zero-order chi connectivity index (χ0) is 26.1. The summed E-state index contributed by atoms with van der Waals surface area (Å²) in [6.45, 7) is 4.45. The molecule has 6 rings (SSSR count). The van der Waals surface area contributed by atoms with E-state index in [0.717, 1.165) is 62.8 Å². The fourth-order valence-corrected chi connectivity index (χ4v) is 6.19. The number of fused-ring (bicyclic) bond motifs is 2. The van der Waals surface area contributed by atoms with Gasteiger partial charge in [-0.1, -0.05) is 48.5 Å². The van der Waals surface area contributed by atoms with Crippen LogP contribution in [0.1, 0.15) is 47.7 Å². The van der Waals surface area contributed by atoms with Gasteiger partial charge in [0.2, 0.25) is 0 Å². The van der Waals surface area contributed by atoms with Gasteiger partial charge in [0.25, 0.3) is 5.91 Å². The molecule has 6 nitrogen and oxygen atoms in total. The van der Waals surface area contributed by atoms with E-state index in [4.69, 9.17) is 4.74 Å². The molecule has 0 saturated carbocycles. The summed E-state index contributed by atoms with van der Waals surface area (Å²) in [6.07, 6.45) is 3.77. The van der Waals surface area contributed by atoms with Crippen molar-refractivity contribution in [2.75, 3.05) is 39.3 Å². The van der Waals surface area contributed by atoms with Gasteiger partial charge in [-0.05, 0) is 79.2 Å². The average Bonchev–Trinajstić information content (AvgIpc) is 3.61. The fraction of sp³-hybridized carbons (Fsp3) is 0.406. The third-order valence-corrected chi connectivity index (χ3v) is 8.39. The smallest absolute Gasteiger partial charge is 0.270 e. The first kappa shape index (κ1) is 25.0. The van der Waals surface area contributed by atoms with Crippen LogP contribution < -0.4 is 4.74 Å². The van der Waals surface area contributed by atoms with Crippen LogP contribution in [0.3, 0.4) is 0 Å². The Morgan fingerprint density at radius 1 is 0.947 bits per heavy atom. The molecular weight excluding hydrogens is 474 g/mol. The van der Waals surface area contributed by atoms with Crippen LogP contribution in [0.5, 0.6) is 5.75 Å². The second-order valence-corrected chi connectivity index (χ2v) is 10.9. The van der Waals surface area contributed by atoms with E-state index in [1.165, 1.54) is 16.3 Å². The molecule has 38 heavy (non-hydrogen) atoms. The number of carbonyl (C=O) groups is 1. The number of carbonyl (C=O) groups excluding carboxylic acids is 1. The monoisotopic (exact) mass is 511 g/mol. The highest BCUT2D eigenvalue weighted by molar-refractivity contribution is 6.00. The zero-order valence-electron chi connectivity index (χ0n) is 22.2. The third-order valence-electron chi connectivity index (χ3n) is 8.39. The predicted octanol–water partition coefficient (Wildman–Crippen LogP) is 5.19. The molecule has 3 heterocycles. The zero-order valence-corrected chi connectivity index (χ0v) is 22.2. The molecule has 0 radical (unpaired) electrons. The summed E-state index contributed by atoms with van der Waals surface area (Å²) in [6, 6.07) is 23.2. The van der Waals surface area contributed by atoms with E-state index in [0.29, 0.717) is 23.9 Å². The Morgan fingerprint density at radius 3 is 2.50 bits per heavy atom. The number of ether oxygens (including phenoxy) is 1. The number of rotatable bonds is 7. The summed E-state index contributed by atoms with van der Waals surface area (Å²) in [5.74, 6) is 1.37. The largest absolute Gasteiger partial charge is 0.490 e. The van der Waals surface area contributed by atoms with Crippen molar-refractivity contribution in [3.63, 3.8) is 0 Å². The quantitative estimate of drug-likeness (QED) is 0.371. The molecule has 2 aliphatic heterocycles. The molecule has 1 atom stereocenters. The minimum absolute atomic E-state index is 0.0827. The number of amides is 1. The number of aryl methyl sites for hydroxylation is 1. The molecule has 6 heteroatoms. The van der Waals surface area contributed by atoms with Crippen LogP contribution in [-0.2, 0) is 7.05 Å². The fourth-order valence-electron chi connectivity index (χ4n) is 6.19. The van der Waals surface area contributed by atoms with Gasteiger partial charge >= 0.3 is 0 Å². The van der Waals surface area contributed by atoms with Crippen molar-refractivity contribution < 1.29 is 14.6 Å². The lowest BCUT2D eigenvalue weighted by atomic mass is 9.88. The van der Waals surface area contributed by atoms with E-state index < -0.39 is 6.10 Å². The van der Waals surface area contributed by atoms with Gasteiger partial charge in [-0.2, -0.15) is 0 Å². The number of piperidine rings is 1. The highest BCUT2D eigenvalue weighted by Gasteiger charge is 2.25. The van der Waals surface area contributed by atoms with Crippen molar-refractivity contribution in [3.8, 4) is 5.75 Å². The van der Waals surface area contributed by atoms with Gasteiger partial charge in [-0.3, -0.25) is 4.79 Å². The number of benzene rings is 3. The lowest BCUT2D eigenvalue weighted by Gasteiger charge is -2.33. The van der Waals surface area contributed by atoms with Crippen molar-refractivity contribution in [1.82, 2.24) is 14.4 Å². The molecule has 3 aromatic carbocycles. The van der Waals surface area contributed by atoms with Gasteiger partial charge in [-0.15, -0.1) is 0 Å².